The number of morpholine rings is 1. The van der Waals surface area contributed by atoms with E-state index in [1.54, 1.807) is 6.07 Å². The molecule has 2 heterocycles. The predicted molar refractivity (Wildman–Crippen MR) is 108 cm³/mol. The molecular weight excluding hydrogens is 365 g/mol. The third kappa shape index (κ3) is 4.96. The number of nitrogens with zero attached hydrogens (tertiary/aromatic N) is 2. The molecule has 0 aliphatic carbocycles. The number of carbonyl (C=O) groups excluding carboxylic acids is 1. The van der Waals surface area contributed by atoms with E-state index in [2.05, 4.69) is 29.0 Å². The van der Waals surface area contributed by atoms with Gasteiger partial charge in [-0.05, 0) is 31.4 Å². The zero-order valence-electron chi connectivity index (χ0n) is 16.3. The van der Waals surface area contributed by atoms with E-state index in [9.17, 15) is 9.18 Å². The Morgan fingerprint density at radius 1 is 1.52 bits per heavy atom. The van der Waals surface area contributed by atoms with Crippen LogP contribution in [0.4, 0.5) is 9.52 Å². The van der Waals surface area contributed by atoms with Crippen LogP contribution in [0.3, 0.4) is 0 Å². The molecule has 27 heavy (non-hydrogen) atoms. The quantitative estimate of drug-likeness (QED) is 0.773. The number of halogens is 1. The second kappa shape index (κ2) is 8.52. The molecule has 0 bridgehead atoms. The molecule has 148 valence electrons. The molecule has 1 N–H and O–H groups in total. The summed E-state index contributed by atoms with van der Waals surface area (Å²) in [5.74, 6) is 0.396. The summed E-state index contributed by atoms with van der Waals surface area (Å²) >= 11 is 1.37. The predicted octanol–water partition coefficient (Wildman–Crippen LogP) is 3.97. The van der Waals surface area contributed by atoms with Gasteiger partial charge in [-0.25, -0.2) is 9.37 Å². The summed E-state index contributed by atoms with van der Waals surface area (Å²) in [5, 5.41) is 3.81. The molecular formula is C20H28FN3O2S. The number of benzene rings is 1. The third-order valence-electron chi connectivity index (χ3n) is 5.18. The van der Waals surface area contributed by atoms with Crippen molar-refractivity contribution in [1.82, 2.24) is 10.3 Å². The van der Waals surface area contributed by atoms with Gasteiger partial charge in [0.2, 0.25) is 5.91 Å². The van der Waals surface area contributed by atoms with Crippen molar-refractivity contribution in [2.24, 2.45) is 5.92 Å². The summed E-state index contributed by atoms with van der Waals surface area (Å²) in [6, 6.07) is 4.97. The fourth-order valence-electron chi connectivity index (χ4n) is 3.20. The van der Waals surface area contributed by atoms with Gasteiger partial charge < -0.3 is 15.0 Å². The third-order valence-corrected chi connectivity index (χ3v) is 6.32. The molecule has 0 radical (unpaired) electrons. The molecule has 5 nitrogen and oxygen atoms in total. The van der Waals surface area contributed by atoms with Crippen molar-refractivity contribution < 1.29 is 13.9 Å². The van der Waals surface area contributed by atoms with Crippen molar-refractivity contribution >= 4 is 32.6 Å². The van der Waals surface area contributed by atoms with E-state index in [1.165, 1.54) is 17.4 Å². The SMILES string of the molecule is CCC(C)CCC(=O)NCC1(C)CN(c2nc3cccc(F)c3s2)CCO1. The average Bonchev–Trinajstić information content (AvgIpc) is 3.10. The van der Waals surface area contributed by atoms with Crippen LogP contribution in [0.25, 0.3) is 10.2 Å². The molecule has 0 spiro atoms. The maximum Gasteiger partial charge on any atom is 0.220 e. The lowest BCUT2D eigenvalue weighted by atomic mass is 10.0. The lowest BCUT2D eigenvalue weighted by Gasteiger charge is -2.40. The highest BCUT2D eigenvalue weighted by atomic mass is 32.1. The highest BCUT2D eigenvalue weighted by Gasteiger charge is 2.34. The Bertz CT molecular complexity index is 797. The first kappa shape index (κ1) is 20.0. The highest BCUT2D eigenvalue weighted by Crippen LogP contribution is 2.32. The molecule has 2 unspecified atom stereocenters. The average molecular weight is 394 g/mol. The molecule has 0 saturated carbocycles. The molecule has 1 aromatic heterocycles. The first-order chi connectivity index (χ1) is 12.9. The maximum absolute atomic E-state index is 14.0. The highest BCUT2D eigenvalue weighted by molar-refractivity contribution is 7.22. The topological polar surface area (TPSA) is 54.5 Å². The van der Waals surface area contributed by atoms with E-state index in [4.69, 9.17) is 4.74 Å². The van der Waals surface area contributed by atoms with Gasteiger partial charge in [0.15, 0.2) is 5.13 Å². The van der Waals surface area contributed by atoms with Crippen LogP contribution < -0.4 is 10.2 Å². The van der Waals surface area contributed by atoms with Gasteiger partial charge in [-0.2, -0.15) is 0 Å². The standard InChI is InChI=1S/C20H28FN3O2S/c1-4-14(2)8-9-17(25)22-12-20(3)13-24(10-11-26-20)19-23-16-7-5-6-15(21)18(16)27-19/h5-7,14H,4,8-13H2,1-3H3,(H,22,25). The zero-order chi connectivity index (χ0) is 19.4. The first-order valence-corrected chi connectivity index (χ1v) is 10.4. The number of ether oxygens (including phenoxy) is 1. The molecule has 1 aliphatic rings. The molecule has 1 aromatic carbocycles. The summed E-state index contributed by atoms with van der Waals surface area (Å²) in [5.41, 5.74) is 0.197. The molecule has 1 saturated heterocycles. The Morgan fingerprint density at radius 3 is 3.07 bits per heavy atom. The van der Waals surface area contributed by atoms with Crippen molar-refractivity contribution in [3.05, 3.63) is 24.0 Å². The minimum absolute atomic E-state index is 0.0688. The van der Waals surface area contributed by atoms with E-state index >= 15 is 0 Å². The molecule has 2 atom stereocenters. The van der Waals surface area contributed by atoms with Crippen LogP contribution in [0.15, 0.2) is 18.2 Å². The lowest BCUT2D eigenvalue weighted by molar-refractivity contribution is -0.123. The van der Waals surface area contributed by atoms with Gasteiger partial charge in [-0.15, -0.1) is 0 Å². The minimum atomic E-state index is -0.485. The number of nitrogens with one attached hydrogen (secondary N) is 1. The fourth-order valence-corrected chi connectivity index (χ4v) is 4.19. The number of rotatable bonds is 7. The smallest absolute Gasteiger partial charge is 0.220 e. The molecule has 1 amide bonds. The molecule has 7 heteroatoms. The normalized spacial score (nSPS) is 21.4. The number of carbonyl (C=O) groups is 1. The van der Waals surface area contributed by atoms with Crippen molar-refractivity contribution in [1.29, 1.82) is 0 Å². The first-order valence-electron chi connectivity index (χ1n) is 9.61. The molecule has 2 aromatic rings. The van der Waals surface area contributed by atoms with Crippen LogP contribution in [0, 0.1) is 11.7 Å². The molecule has 3 rings (SSSR count). The number of fused-ring (bicyclic) bond motifs is 1. The number of amides is 1. The van der Waals surface area contributed by atoms with E-state index in [0.717, 1.165) is 18.0 Å². The molecule has 1 fully saturated rings. The minimum Gasteiger partial charge on any atom is -0.370 e. The summed E-state index contributed by atoms with van der Waals surface area (Å²) in [6.45, 7) is 8.64. The van der Waals surface area contributed by atoms with Gasteiger partial charge in [0.05, 0.1) is 23.4 Å². The van der Waals surface area contributed by atoms with Gasteiger partial charge in [-0.3, -0.25) is 4.79 Å². The van der Waals surface area contributed by atoms with E-state index < -0.39 is 5.60 Å². The Kier molecular flexibility index (Phi) is 6.32. The van der Waals surface area contributed by atoms with Crippen LogP contribution in [0.2, 0.25) is 0 Å². The van der Waals surface area contributed by atoms with Crippen LogP contribution >= 0.6 is 11.3 Å². The fraction of sp³-hybridized carbons (Fsp3) is 0.600. The number of thiazole rings is 1. The van der Waals surface area contributed by atoms with Crippen LogP contribution in [-0.4, -0.2) is 42.7 Å². The monoisotopic (exact) mass is 393 g/mol. The Labute approximate surface area is 163 Å². The van der Waals surface area contributed by atoms with Gasteiger partial charge in [0, 0.05) is 19.5 Å². The van der Waals surface area contributed by atoms with Crippen molar-refractivity contribution in [3.8, 4) is 0 Å². The summed E-state index contributed by atoms with van der Waals surface area (Å²) in [4.78, 5) is 18.8. The van der Waals surface area contributed by atoms with Gasteiger partial charge >= 0.3 is 0 Å². The number of hydrogen-bond donors (Lipinski definition) is 1. The second-order valence-corrected chi connectivity index (χ2v) is 8.61. The Morgan fingerprint density at radius 2 is 2.33 bits per heavy atom. The van der Waals surface area contributed by atoms with E-state index in [-0.39, 0.29) is 11.7 Å². The summed E-state index contributed by atoms with van der Waals surface area (Å²) in [7, 11) is 0. The number of aromatic nitrogens is 1. The lowest BCUT2D eigenvalue weighted by Crippen LogP contribution is -2.55. The Hall–Kier alpha value is -1.73. The van der Waals surface area contributed by atoms with Crippen LogP contribution in [-0.2, 0) is 9.53 Å². The number of hydrogen-bond acceptors (Lipinski definition) is 5. The van der Waals surface area contributed by atoms with E-state index in [0.29, 0.717) is 48.8 Å². The second-order valence-electron chi connectivity index (χ2n) is 7.63. The van der Waals surface area contributed by atoms with Gasteiger partial charge in [0.25, 0.3) is 0 Å². The van der Waals surface area contributed by atoms with Gasteiger partial charge in [0.1, 0.15) is 11.4 Å². The largest absolute Gasteiger partial charge is 0.370 e. The zero-order valence-corrected chi connectivity index (χ0v) is 17.1. The van der Waals surface area contributed by atoms with E-state index in [1.807, 2.05) is 13.0 Å². The van der Waals surface area contributed by atoms with Crippen LogP contribution in [0.1, 0.15) is 40.0 Å². The maximum atomic E-state index is 14.0. The Balaban J connectivity index is 1.60. The van der Waals surface area contributed by atoms with Crippen molar-refractivity contribution in [3.63, 3.8) is 0 Å². The summed E-state index contributed by atoms with van der Waals surface area (Å²) in [6.07, 6.45) is 2.54. The number of anilines is 1. The molecule has 1 aliphatic heterocycles. The van der Waals surface area contributed by atoms with Crippen molar-refractivity contribution in [2.45, 2.75) is 45.6 Å². The van der Waals surface area contributed by atoms with Crippen LogP contribution in [0.5, 0.6) is 0 Å². The van der Waals surface area contributed by atoms with Crippen molar-refractivity contribution in [2.75, 3.05) is 31.1 Å². The summed E-state index contributed by atoms with van der Waals surface area (Å²) < 4.78 is 20.5. The van der Waals surface area contributed by atoms with Gasteiger partial charge in [-0.1, -0.05) is 37.7 Å².